The number of benzene rings is 2. The normalized spacial score (nSPS) is 13.1. The first-order valence-corrected chi connectivity index (χ1v) is 8.12. The second kappa shape index (κ2) is 5.90. The van der Waals surface area contributed by atoms with E-state index in [1.165, 1.54) is 0 Å². The molecule has 0 unspecified atom stereocenters. The minimum Gasteiger partial charge on any atom is -0.488 e. The SMILES string of the molecule is Cc1c(-c2ccccc2Cl)oc2c3c(ccc2c1=O)OCC(C=O)=C3. The van der Waals surface area contributed by atoms with Gasteiger partial charge in [-0.15, -0.1) is 0 Å². The summed E-state index contributed by atoms with van der Waals surface area (Å²) < 4.78 is 11.7. The van der Waals surface area contributed by atoms with Gasteiger partial charge in [0.15, 0.2) is 5.43 Å². The van der Waals surface area contributed by atoms with E-state index in [0.717, 1.165) is 6.29 Å². The van der Waals surface area contributed by atoms with Crippen LogP contribution in [0.3, 0.4) is 0 Å². The molecule has 0 bridgehead atoms. The molecule has 0 spiro atoms. The summed E-state index contributed by atoms with van der Waals surface area (Å²) in [5.41, 5.74) is 2.47. The minimum atomic E-state index is -0.134. The lowest BCUT2D eigenvalue weighted by molar-refractivity contribution is -0.105. The molecule has 0 saturated heterocycles. The highest BCUT2D eigenvalue weighted by molar-refractivity contribution is 6.33. The molecule has 4 nitrogen and oxygen atoms in total. The predicted octanol–water partition coefficient (Wildman–Crippen LogP) is 4.40. The topological polar surface area (TPSA) is 56.5 Å². The van der Waals surface area contributed by atoms with Crippen molar-refractivity contribution < 1.29 is 13.9 Å². The molecule has 0 radical (unpaired) electrons. The van der Waals surface area contributed by atoms with Gasteiger partial charge in [-0.1, -0.05) is 23.7 Å². The molecular weight excluding hydrogens is 340 g/mol. The summed E-state index contributed by atoms with van der Waals surface area (Å²) in [5.74, 6) is 0.998. The van der Waals surface area contributed by atoms with Gasteiger partial charge < -0.3 is 9.15 Å². The average molecular weight is 353 g/mol. The van der Waals surface area contributed by atoms with Crippen molar-refractivity contribution in [3.05, 3.63) is 68.3 Å². The molecular formula is C20H13ClO4. The fraction of sp³-hybridized carbons (Fsp3) is 0.100. The van der Waals surface area contributed by atoms with Gasteiger partial charge in [-0.05, 0) is 37.3 Å². The Bertz CT molecular complexity index is 1110. The highest BCUT2D eigenvalue weighted by atomic mass is 35.5. The van der Waals surface area contributed by atoms with E-state index < -0.39 is 0 Å². The van der Waals surface area contributed by atoms with Crippen molar-refractivity contribution >= 4 is 34.9 Å². The Kier molecular flexibility index (Phi) is 3.70. The summed E-state index contributed by atoms with van der Waals surface area (Å²) in [6.45, 7) is 1.92. The predicted molar refractivity (Wildman–Crippen MR) is 97.2 cm³/mol. The van der Waals surface area contributed by atoms with Gasteiger partial charge in [0.1, 0.15) is 30.0 Å². The van der Waals surface area contributed by atoms with Gasteiger partial charge in [-0.25, -0.2) is 0 Å². The van der Waals surface area contributed by atoms with E-state index in [-0.39, 0.29) is 12.0 Å². The molecule has 124 valence electrons. The summed E-state index contributed by atoms with van der Waals surface area (Å²) >= 11 is 6.28. The van der Waals surface area contributed by atoms with Crippen LogP contribution in [0.25, 0.3) is 28.4 Å². The average Bonchev–Trinajstić information content (AvgIpc) is 2.64. The van der Waals surface area contributed by atoms with Gasteiger partial charge in [0.05, 0.1) is 16.0 Å². The molecule has 1 aromatic heterocycles. The van der Waals surface area contributed by atoms with E-state index in [4.69, 9.17) is 20.8 Å². The first-order valence-electron chi connectivity index (χ1n) is 7.74. The Morgan fingerprint density at radius 1 is 1.16 bits per heavy atom. The number of hydrogen-bond acceptors (Lipinski definition) is 4. The molecule has 1 aliphatic rings. The lowest BCUT2D eigenvalue weighted by Crippen LogP contribution is -2.12. The first kappa shape index (κ1) is 15.7. The Morgan fingerprint density at radius 2 is 1.96 bits per heavy atom. The third-order valence-corrected chi connectivity index (χ3v) is 4.61. The van der Waals surface area contributed by atoms with E-state index in [0.29, 0.717) is 49.8 Å². The molecule has 2 aromatic carbocycles. The van der Waals surface area contributed by atoms with Crippen LogP contribution in [0.4, 0.5) is 0 Å². The van der Waals surface area contributed by atoms with E-state index in [1.807, 2.05) is 12.1 Å². The number of rotatable bonds is 2. The second-order valence-electron chi connectivity index (χ2n) is 5.84. The summed E-state index contributed by atoms with van der Waals surface area (Å²) in [4.78, 5) is 23.9. The zero-order valence-corrected chi connectivity index (χ0v) is 14.1. The van der Waals surface area contributed by atoms with E-state index in [9.17, 15) is 9.59 Å². The number of carbonyl (C=O) groups excluding carboxylic acids is 1. The third-order valence-electron chi connectivity index (χ3n) is 4.28. The second-order valence-corrected chi connectivity index (χ2v) is 6.25. The Labute approximate surface area is 148 Å². The van der Waals surface area contributed by atoms with Gasteiger partial charge in [0.2, 0.25) is 0 Å². The molecule has 0 saturated carbocycles. The van der Waals surface area contributed by atoms with E-state index >= 15 is 0 Å². The van der Waals surface area contributed by atoms with Crippen LogP contribution in [0.2, 0.25) is 5.02 Å². The van der Waals surface area contributed by atoms with Gasteiger partial charge in [-0.3, -0.25) is 9.59 Å². The number of ether oxygens (including phenoxy) is 1. The Balaban J connectivity index is 2.10. The van der Waals surface area contributed by atoms with Crippen LogP contribution >= 0.6 is 11.6 Å². The number of aldehydes is 1. The quantitative estimate of drug-likeness (QED) is 0.641. The maximum atomic E-state index is 12.8. The van der Waals surface area contributed by atoms with Crippen LogP contribution in [0.1, 0.15) is 11.1 Å². The largest absolute Gasteiger partial charge is 0.488 e. The molecule has 5 heteroatoms. The summed E-state index contributed by atoms with van der Waals surface area (Å²) in [6, 6.07) is 10.6. The number of halogens is 1. The van der Waals surface area contributed by atoms with Crippen LogP contribution in [-0.4, -0.2) is 12.9 Å². The first-order chi connectivity index (χ1) is 12.1. The van der Waals surface area contributed by atoms with Crippen LogP contribution in [0, 0.1) is 6.92 Å². The van der Waals surface area contributed by atoms with Crippen molar-refractivity contribution in [3.63, 3.8) is 0 Å². The fourth-order valence-corrected chi connectivity index (χ4v) is 3.20. The monoisotopic (exact) mass is 352 g/mol. The summed E-state index contributed by atoms with van der Waals surface area (Å²) in [7, 11) is 0. The van der Waals surface area contributed by atoms with Crippen LogP contribution < -0.4 is 10.2 Å². The smallest absolute Gasteiger partial charge is 0.196 e. The van der Waals surface area contributed by atoms with Crippen molar-refractivity contribution in [3.8, 4) is 17.1 Å². The van der Waals surface area contributed by atoms with Crippen molar-refractivity contribution in [1.29, 1.82) is 0 Å². The molecule has 2 heterocycles. The molecule has 3 aromatic rings. The molecule has 0 atom stereocenters. The zero-order chi connectivity index (χ0) is 17.6. The summed E-state index contributed by atoms with van der Waals surface area (Å²) in [6.07, 6.45) is 2.44. The minimum absolute atomic E-state index is 0.134. The number of carbonyl (C=O) groups is 1. The lowest BCUT2D eigenvalue weighted by atomic mass is 10.0. The number of fused-ring (bicyclic) bond motifs is 3. The van der Waals surface area contributed by atoms with Gasteiger partial charge in [0, 0.05) is 16.7 Å². The standard InChI is InChI=1S/C20H13ClO4/c1-11-18(23)14-6-7-17-15(8-12(9-22)10-24-17)20(14)25-19(11)13-4-2-3-5-16(13)21/h2-9H,10H2,1H3. The Hall–Kier alpha value is -2.85. The highest BCUT2D eigenvalue weighted by Crippen LogP contribution is 2.36. The van der Waals surface area contributed by atoms with Crippen molar-refractivity contribution in [2.45, 2.75) is 6.92 Å². The number of hydrogen-bond donors (Lipinski definition) is 0. The molecule has 0 amide bonds. The van der Waals surface area contributed by atoms with Crippen molar-refractivity contribution in [2.24, 2.45) is 0 Å². The van der Waals surface area contributed by atoms with Crippen molar-refractivity contribution in [1.82, 2.24) is 0 Å². The molecule has 0 fully saturated rings. The van der Waals surface area contributed by atoms with Gasteiger partial charge in [-0.2, -0.15) is 0 Å². The molecule has 0 aliphatic carbocycles. The van der Waals surface area contributed by atoms with E-state index in [2.05, 4.69) is 0 Å². The third kappa shape index (κ3) is 2.46. The molecule has 25 heavy (non-hydrogen) atoms. The molecule has 1 aliphatic heterocycles. The van der Waals surface area contributed by atoms with Crippen LogP contribution in [0.15, 0.2) is 51.2 Å². The fourth-order valence-electron chi connectivity index (χ4n) is 2.98. The lowest BCUT2D eigenvalue weighted by Gasteiger charge is -2.17. The van der Waals surface area contributed by atoms with Gasteiger partial charge >= 0.3 is 0 Å². The maximum Gasteiger partial charge on any atom is 0.196 e. The summed E-state index contributed by atoms with van der Waals surface area (Å²) in [5, 5.41) is 0.942. The van der Waals surface area contributed by atoms with E-state index in [1.54, 1.807) is 37.3 Å². The Morgan fingerprint density at radius 3 is 2.72 bits per heavy atom. The zero-order valence-electron chi connectivity index (χ0n) is 13.3. The van der Waals surface area contributed by atoms with Crippen molar-refractivity contribution in [2.75, 3.05) is 6.61 Å². The molecule has 4 rings (SSSR count). The van der Waals surface area contributed by atoms with Crippen LogP contribution in [0.5, 0.6) is 5.75 Å². The highest BCUT2D eigenvalue weighted by Gasteiger charge is 2.20. The molecule has 0 N–H and O–H groups in total. The maximum absolute atomic E-state index is 12.8. The van der Waals surface area contributed by atoms with Gasteiger partial charge in [0.25, 0.3) is 0 Å². The van der Waals surface area contributed by atoms with Crippen LogP contribution in [-0.2, 0) is 4.79 Å².